The molecule has 0 aliphatic heterocycles. The smallest absolute Gasteiger partial charge is 0.313 e. The van der Waals surface area contributed by atoms with Gasteiger partial charge in [-0.1, -0.05) is 12.1 Å². The molecule has 0 unspecified atom stereocenters. The van der Waals surface area contributed by atoms with E-state index in [-0.39, 0.29) is 11.7 Å². The summed E-state index contributed by atoms with van der Waals surface area (Å²) >= 11 is 1.33. The molecule has 7 heteroatoms. The Morgan fingerprint density at radius 2 is 2.17 bits per heavy atom. The summed E-state index contributed by atoms with van der Waals surface area (Å²) in [5.74, 6) is -0.202. The lowest BCUT2D eigenvalue weighted by atomic mass is 10.2. The maximum Gasteiger partial charge on any atom is 0.313 e. The molecule has 0 radical (unpaired) electrons. The van der Waals surface area contributed by atoms with Crippen molar-refractivity contribution in [3.63, 3.8) is 0 Å². The van der Waals surface area contributed by atoms with E-state index in [1.54, 1.807) is 10.9 Å². The minimum atomic E-state index is -0.824. The number of carbonyl (C=O) groups is 2. The molecule has 1 aromatic heterocycles. The van der Waals surface area contributed by atoms with Gasteiger partial charge >= 0.3 is 5.97 Å². The maximum absolute atomic E-state index is 12.0. The van der Waals surface area contributed by atoms with Gasteiger partial charge in [0, 0.05) is 31.1 Å². The molecule has 0 fully saturated rings. The number of aromatic nitrogens is 2. The Kier molecular flexibility index (Phi) is 6.22. The first-order valence-corrected chi connectivity index (χ1v) is 8.34. The molecule has 0 bridgehead atoms. The van der Waals surface area contributed by atoms with E-state index >= 15 is 0 Å². The third-order valence-corrected chi connectivity index (χ3v) is 4.09. The standard InChI is InChI=1S/C16H19N3O3S/c1-19-9-13(8-17-19)5-6-15(20)18-14-4-2-3-12(7-14)10-23-11-16(21)22/h2-4,7-9H,5-6,10-11H2,1H3,(H,18,20)(H,21,22). The van der Waals surface area contributed by atoms with E-state index in [0.29, 0.717) is 18.6 Å². The molecule has 0 spiro atoms. The lowest BCUT2D eigenvalue weighted by Crippen LogP contribution is -2.12. The molecule has 1 heterocycles. The summed E-state index contributed by atoms with van der Waals surface area (Å²) < 4.78 is 1.71. The van der Waals surface area contributed by atoms with Crippen LogP contribution in [0.3, 0.4) is 0 Å². The number of hydrogen-bond donors (Lipinski definition) is 2. The topological polar surface area (TPSA) is 84.2 Å². The number of carboxylic acid groups (broad SMARTS) is 1. The molecule has 0 aliphatic carbocycles. The van der Waals surface area contributed by atoms with Crippen LogP contribution in [0.1, 0.15) is 17.5 Å². The Hall–Kier alpha value is -2.28. The van der Waals surface area contributed by atoms with Gasteiger partial charge in [0.05, 0.1) is 11.9 Å². The highest BCUT2D eigenvalue weighted by Gasteiger charge is 2.05. The van der Waals surface area contributed by atoms with Crippen molar-refractivity contribution < 1.29 is 14.7 Å². The fraction of sp³-hybridized carbons (Fsp3) is 0.312. The number of nitrogens with zero attached hydrogens (tertiary/aromatic N) is 2. The van der Waals surface area contributed by atoms with Gasteiger partial charge in [0.15, 0.2) is 0 Å². The van der Waals surface area contributed by atoms with Crippen molar-refractivity contribution in [2.75, 3.05) is 11.1 Å². The van der Waals surface area contributed by atoms with Crippen LogP contribution in [0.5, 0.6) is 0 Å². The molecule has 2 rings (SSSR count). The van der Waals surface area contributed by atoms with Crippen molar-refractivity contribution in [2.45, 2.75) is 18.6 Å². The molecule has 23 heavy (non-hydrogen) atoms. The quantitative estimate of drug-likeness (QED) is 0.774. The molecule has 2 aromatic rings. The van der Waals surface area contributed by atoms with Crippen molar-refractivity contribution in [1.82, 2.24) is 9.78 Å². The molecular weight excluding hydrogens is 314 g/mol. The highest BCUT2D eigenvalue weighted by Crippen LogP contribution is 2.17. The van der Waals surface area contributed by atoms with Crippen molar-refractivity contribution >= 4 is 29.3 Å². The Morgan fingerprint density at radius 3 is 2.87 bits per heavy atom. The van der Waals surface area contributed by atoms with Crippen molar-refractivity contribution in [3.05, 3.63) is 47.8 Å². The predicted molar refractivity (Wildman–Crippen MR) is 90.4 cm³/mol. The zero-order valence-corrected chi connectivity index (χ0v) is 13.7. The number of rotatable bonds is 8. The van der Waals surface area contributed by atoms with Gasteiger partial charge in [-0.15, -0.1) is 11.8 Å². The van der Waals surface area contributed by atoms with Crippen LogP contribution in [0.2, 0.25) is 0 Å². The lowest BCUT2D eigenvalue weighted by Gasteiger charge is -2.07. The first kappa shape index (κ1) is 17.1. The van der Waals surface area contributed by atoms with Crippen LogP contribution in [0.4, 0.5) is 5.69 Å². The minimum absolute atomic E-state index is 0.0517. The second kappa shape index (κ2) is 8.38. The molecule has 0 atom stereocenters. The van der Waals surface area contributed by atoms with Gasteiger partial charge in [0.2, 0.25) is 5.91 Å². The fourth-order valence-corrected chi connectivity index (χ4v) is 2.77. The Morgan fingerprint density at radius 1 is 1.35 bits per heavy atom. The van der Waals surface area contributed by atoms with Crippen molar-refractivity contribution in [2.24, 2.45) is 7.05 Å². The van der Waals surface area contributed by atoms with Crippen LogP contribution < -0.4 is 5.32 Å². The first-order valence-electron chi connectivity index (χ1n) is 7.19. The van der Waals surface area contributed by atoms with Gasteiger partial charge in [-0.3, -0.25) is 14.3 Å². The number of nitrogens with one attached hydrogen (secondary N) is 1. The Labute approximate surface area is 138 Å². The Balaban J connectivity index is 1.81. The summed E-state index contributed by atoms with van der Waals surface area (Å²) in [6, 6.07) is 7.47. The zero-order chi connectivity index (χ0) is 16.7. The molecule has 122 valence electrons. The van der Waals surface area contributed by atoms with Crippen molar-refractivity contribution in [3.8, 4) is 0 Å². The average molecular weight is 333 g/mol. The number of amides is 1. The van der Waals surface area contributed by atoms with Crippen LogP contribution in [-0.4, -0.2) is 32.5 Å². The van der Waals surface area contributed by atoms with Gasteiger partial charge in [0.1, 0.15) is 0 Å². The molecule has 0 aliphatic rings. The van der Waals surface area contributed by atoms with E-state index in [0.717, 1.165) is 16.8 Å². The van der Waals surface area contributed by atoms with Crippen LogP contribution in [0.15, 0.2) is 36.7 Å². The molecule has 0 saturated carbocycles. The lowest BCUT2D eigenvalue weighted by molar-refractivity contribution is -0.133. The molecule has 1 amide bonds. The van der Waals surface area contributed by atoms with Crippen molar-refractivity contribution in [1.29, 1.82) is 0 Å². The highest BCUT2D eigenvalue weighted by atomic mass is 32.2. The van der Waals surface area contributed by atoms with Gasteiger partial charge in [-0.25, -0.2) is 0 Å². The number of carbonyl (C=O) groups excluding carboxylic acids is 1. The number of carboxylic acids is 1. The molecular formula is C16H19N3O3S. The van der Waals surface area contributed by atoms with Crippen LogP contribution in [0, 0.1) is 0 Å². The molecule has 6 nitrogen and oxygen atoms in total. The second-order valence-electron chi connectivity index (χ2n) is 5.16. The summed E-state index contributed by atoms with van der Waals surface area (Å²) in [5, 5.41) is 15.6. The highest BCUT2D eigenvalue weighted by molar-refractivity contribution is 7.99. The van der Waals surface area contributed by atoms with Gasteiger partial charge in [-0.2, -0.15) is 5.10 Å². The van der Waals surface area contributed by atoms with E-state index in [9.17, 15) is 9.59 Å². The third-order valence-electron chi connectivity index (χ3n) is 3.10. The number of benzene rings is 1. The third kappa shape index (κ3) is 6.15. The summed E-state index contributed by atoms with van der Waals surface area (Å²) in [6.45, 7) is 0. The maximum atomic E-state index is 12.0. The summed E-state index contributed by atoms with van der Waals surface area (Å²) in [4.78, 5) is 22.5. The molecule has 0 saturated heterocycles. The fourth-order valence-electron chi connectivity index (χ4n) is 2.08. The largest absolute Gasteiger partial charge is 0.481 e. The summed E-state index contributed by atoms with van der Waals surface area (Å²) in [6.07, 6.45) is 4.69. The average Bonchev–Trinajstić information content (AvgIpc) is 2.91. The number of aryl methyl sites for hydroxylation is 2. The van der Waals surface area contributed by atoms with E-state index in [2.05, 4.69) is 10.4 Å². The second-order valence-corrected chi connectivity index (χ2v) is 6.14. The van der Waals surface area contributed by atoms with E-state index in [1.807, 2.05) is 37.5 Å². The number of hydrogen-bond acceptors (Lipinski definition) is 4. The predicted octanol–water partition coefficient (Wildman–Crippen LogP) is 2.31. The first-order chi connectivity index (χ1) is 11.0. The van der Waals surface area contributed by atoms with E-state index in [4.69, 9.17) is 5.11 Å². The Bertz CT molecular complexity index is 685. The normalized spacial score (nSPS) is 10.5. The van der Waals surface area contributed by atoms with Crippen LogP contribution >= 0.6 is 11.8 Å². The summed E-state index contributed by atoms with van der Waals surface area (Å²) in [7, 11) is 1.84. The van der Waals surface area contributed by atoms with Gasteiger partial charge in [0.25, 0.3) is 0 Å². The number of aliphatic carboxylic acids is 1. The van der Waals surface area contributed by atoms with Gasteiger partial charge in [-0.05, 0) is 29.7 Å². The van der Waals surface area contributed by atoms with Crippen LogP contribution in [-0.2, 0) is 28.8 Å². The monoisotopic (exact) mass is 333 g/mol. The van der Waals surface area contributed by atoms with Gasteiger partial charge < -0.3 is 10.4 Å². The number of thioether (sulfide) groups is 1. The van der Waals surface area contributed by atoms with Crippen LogP contribution in [0.25, 0.3) is 0 Å². The summed E-state index contributed by atoms with van der Waals surface area (Å²) in [5.41, 5.74) is 2.75. The number of anilines is 1. The SMILES string of the molecule is Cn1cc(CCC(=O)Nc2cccc(CSCC(=O)O)c2)cn1. The molecule has 1 aromatic carbocycles. The molecule has 2 N–H and O–H groups in total. The van der Waals surface area contributed by atoms with E-state index in [1.165, 1.54) is 11.8 Å². The van der Waals surface area contributed by atoms with E-state index < -0.39 is 5.97 Å². The minimum Gasteiger partial charge on any atom is -0.481 e. The zero-order valence-electron chi connectivity index (χ0n) is 12.9.